The minimum atomic E-state index is -0.0509. The maximum atomic E-state index is 12.2. The van der Waals surface area contributed by atoms with Crippen molar-refractivity contribution in [2.24, 2.45) is 0 Å². The van der Waals surface area contributed by atoms with Gasteiger partial charge in [-0.25, -0.2) is 0 Å². The Morgan fingerprint density at radius 3 is 2.71 bits per heavy atom. The molecule has 3 nitrogen and oxygen atoms in total. The number of aryl methyl sites for hydroxylation is 1. The van der Waals surface area contributed by atoms with Gasteiger partial charge in [0.25, 0.3) is 5.91 Å². The largest absolute Gasteiger partial charge is 0.359 e. The molecule has 0 atom stereocenters. The van der Waals surface area contributed by atoms with Crippen LogP contribution in [0.25, 0.3) is 11.6 Å². The van der Waals surface area contributed by atoms with Gasteiger partial charge in [-0.3, -0.25) is 4.79 Å². The lowest BCUT2D eigenvalue weighted by Gasteiger charge is -2.04. The number of halogens is 1. The monoisotopic (exact) mass is 344 g/mol. The van der Waals surface area contributed by atoms with E-state index in [1.54, 1.807) is 0 Å². The molecule has 1 aliphatic rings. The lowest BCUT2D eigenvalue weighted by Crippen LogP contribution is -2.03. The summed E-state index contributed by atoms with van der Waals surface area (Å²) in [6.45, 7) is 6.35. The van der Waals surface area contributed by atoms with E-state index in [0.29, 0.717) is 11.5 Å². The second-order valence-electron chi connectivity index (χ2n) is 5.68. The Labute approximate surface area is 132 Å². The van der Waals surface area contributed by atoms with Gasteiger partial charge in [0, 0.05) is 21.4 Å². The highest BCUT2D eigenvalue weighted by Gasteiger charge is 2.24. The Kier molecular flexibility index (Phi) is 3.49. The number of aromatic nitrogens is 1. The van der Waals surface area contributed by atoms with Crippen LogP contribution in [0.1, 0.15) is 42.3 Å². The Balaban J connectivity index is 2.11. The van der Waals surface area contributed by atoms with Crippen LogP contribution in [0.3, 0.4) is 0 Å². The number of H-pyrrole nitrogens is 1. The minimum Gasteiger partial charge on any atom is -0.359 e. The molecule has 0 spiro atoms. The number of aromatic amines is 1. The number of amides is 1. The number of hydrogen-bond acceptors (Lipinski definition) is 1. The van der Waals surface area contributed by atoms with Crippen molar-refractivity contribution in [2.75, 3.05) is 5.32 Å². The molecule has 1 aromatic heterocycles. The molecule has 1 amide bonds. The summed E-state index contributed by atoms with van der Waals surface area (Å²) in [4.78, 5) is 15.6. The Hall–Kier alpha value is -1.81. The van der Waals surface area contributed by atoms with Crippen LogP contribution in [0.5, 0.6) is 0 Å². The smallest absolute Gasteiger partial charge is 0.256 e. The molecular weight excluding hydrogens is 328 g/mol. The summed E-state index contributed by atoms with van der Waals surface area (Å²) in [5.74, 6) is 0.362. The summed E-state index contributed by atoms with van der Waals surface area (Å²) in [5, 5.41) is 2.91. The molecule has 0 unspecified atom stereocenters. The van der Waals surface area contributed by atoms with Gasteiger partial charge < -0.3 is 10.3 Å². The van der Waals surface area contributed by atoms with Gasteiger partial charge >= 0.3 is 0 Å². The minimum absolute atomic E-state index is 0.0509. The molecule has 2 aromatic rings. The van der Waals surface area contributed by atoms with Crippen molar-refractivity contribution < 1.29 is 4.79 Å². The van der Waals surface area contributed by atoms with E-state index in [4.69, 9.17) is 0 Å². The van der Waals surface area contributed by atoms with Crippen LogP contribution in [0.15, 0.2) is 28.7 Å². The van der Waals surface area contributed by atoms with Gasteiger partial charge in [0.2, 0.25) is 0 Å². The number of anilines is 1. The van der Waals surface area contributed by atoms with E-state index in [2.05, 4.69) is 46.1 Å². The quantitative estimate of drug-likeness (QED) is 0.762. The number of rotatable bonds is 2. The van der Waals surface area contributed by atoms with Crippen LogP contribution in [0, 0.1) is 6.92 Å². The van der Waals surface area contributed by atoms with Crippen LogP contribution in [0.4, 0.5) is 5.69 Å². The molecule has 2 N–H and O–H groups in total. The summed E-state index contributed by atoms with van der Waals surface area (Å²) in [5.41, 5.74) is 5.88. The first-order valence-corrected chi connectivity index (χ1v) is 7.77. The fourth-order valence-corrected chi connectivity index (χ4v) is 3.04. The van der Waals surface area contributed by atoms with Crippen molar-refractivity contribution in [3.05, 3.63) is 51.3 Å². The van der Waals surface area contributed by atoms with Crippen molar-refractivity contribution in [3.63, 3.8) is 0 Å². The standard InChI is InChI=1S/C17H17BrN2O/c1-9(2)13-6-10(3)19-16(13)8-14-12-5-4-11(18)7-15(12)20-17(14)21/h4-9,19H,1-3H3,(H,20,21)/b14-8-. The highest BCUT2D eigenvalue weighted by molar-refractivity contribution is 9.10. The van der Waals surface area contributed by atoms with Crippen molar-refractivity contribution in [3.8, 4) is 0 Å². The first-order chi connectivity index (χ1) is 9.95. The third-order valence-electron chi connectivity index (χ3n) is 3.69. The van der Waals surface area contributed by atoms with E-state index in [0.717, 1.165) is 27.1 Å². The van der Waals surface area contributed by atoms with E-state index in [1.165, 1.54) is 5.56 Å². The van der Waals surface area contributed by atoms with E-state index < -0.39 is 0 Å². The van der Waals surface area contributed by atoms with Crippen molar-refractivity contribution in [1.29, 1.82) is 0 Å². The van der Waals surface area contributed by atoms with Gasteiger partial charge in [0.1, 0.15) is 0 Å². The SMILES string of the molecule is Cc1cc(C(C)C)c(/C=C2\C(=O)Nc3cc(Br)ccc32)[nH]1. The van der Waals surface area contributed by atoms with Gasteiger partial charge in [-0.05, 0) is 42.7 Å². The molecule has 1 aromatic carbocycles. The summed E-state index contributed by atoms with van der Waals surface area (Å²) < 4.78 is 0.960. The predicted octanol–water partition coefficient (Wildman–Crippen LogP) is 4.70. The first kappa shape index (κ1) is 14.1. The van der Waals surface area contributed by atoms with Gasteiger partial charge in [0.15, 0.2) is 0 Å². The molecule has 0 fully saturated rings. The molecule has 21 heavy (non-hydrogen) atoms. The maximum Gasteiger partial charge on any atom is 0.256 e. The number of carbonyl (C=O) groups is 1. The summed E-state index contributed by atoms with van der Waals surface area (Å²) in [6.07, 6.45) is 1.96. The molecule has 2 heterocycles. The van der Waals surface area contributed by atoms with E-state index in [-0.39, 0.29) is 5.91 Å². The second-order valence-corrected chi connectivity index (χ2v) is 6.59. The normalized spacial score (nSPS) is 15.7. The Morgan fingerprint density at radius 1 is 1.24 bits per heavy atom. The maximum absolute atomic E-state index is 12.2. The number of benzene rings is 1. The third-order valence-corrected chi connectivity index (χ3v) is 4.18. The molecule has 0 saturated carbocycles. The highest BCUT2D eigenvalue weighted by Crippen LogP contribution is 2.35. The average molecular weight is 345 g/mol. The first-order valence-electron chi connectivity index (χ1n) is 6.98. The fourth-order valence-electron chi connectivity index (χ4n) is 2.68. The third kappa shape index (κ3) is 2.56. The van der Waals surface area contributed by atoms with Crippen molar-refractivity contribution in [1.82, 2.24) is 4.98 Å². The second kappa shape index (κ2) is 5.19. The Bertz CT molecular complexity index is 756. The summed E-state index contributed by atoms with van der Waals surface area (Å²) in [6, 6.07) is 7.99. The zero-order valence-corrected chi connectivity index (χ0v) is 13.8. The molecule has 108 valence electrons. The fraction of sp³-hybridized carbons (Fsp3) is 0.235. The number of fused-ring (bicyclic) bond motifs is 1. The molecule has 0 radical (unpaired) electrons. The molecule has 1 aliphatic heterocycles. The lowest BCUT2D eigenvalue weighted by molar-refractivity contribution is -0.110. The zero-order valence-electron chi connectivity index (χ0n) is 12.3. The van der Waals surface area contributed by atoms with Crippen LogP contribution >= 0.6 is 15.9 Å². The van der Waals surface area contributed by atoms with E-state index in [9.17, 15) is 4.79 Å². The molecule has 0 saturated heterocycles. The lowest BCUT2D eigenvalue weighted by atomic mass is 10.00. The number of hydrogen-bond donors (Lipinski definition) is 2. The number of nitrogens with one attached hydrogen (secondary N) is 2. The Morgan fingerprint density at radius 2 is 2.00 bits per heavy atom. The predicted molar refractivity (Wildman–Crippen MR) is 90.3 cm³/mol. The van der Waals surface area contributed by atoms with Gasteiger partial charge in [0.05, 0.1) is 11.3 Å². The van der Waals surface area contributed by atoms with Crippen LogP contribution in [-0.4, -0.2) is 10.9 Å². The van der Waals surface area contributed by atoms with Gasteiger partial charge in [-0.15, -0.1) is 0 Å². The topological polar surface area (TPSA) is 44.9 Å². The average Bonchev–Trinajstić information content (AvgIpc) is 2.91. The summed E-state index contributed by atoms with van der Waals surface area (Å²) in [7, 11) is 0. The van der Waals surface area contributed by atoms with Crippen LogP contribution in [0.2, 0.25) is 0 Å². The van der Waals surface area contributed by atoms with Crippen LogP contribution < -0.4 is 5.32 Å². The van der Waals surface area contributed by atoms with Crippen molar-refractivity contribution in [2.45, 2.75) is 26.7 Å². The van der Waals surface area contributed by atoms with Crippen LogP contribution in [-0.2, 0) is 4.79 Å². The molecular formula is C17H17BrN2O. The zero-order chi connectivity index (χ0) is 15.1. The molecule has 0 bridgehead atoms. The number of carbonyl (C=O) groups excluding carboxylic acids is 1. The van der Waals surface area contributed by atoms with E-state index in [1.807, 2.05) is 31.2 Å². The van der Waals surface area contributed by atoms with Gasteiger partial charge in [-0.2, -0.15) is 0 Å². The van der Waals surface area contributed by atoms with Gasteiger partial charge in [-0.1, -0.05) is 35.8 Å². The molecule has 3 rings (SSSR count). The molecule has 4 heteroatoms. The molecule has 0 aliphatic carbocycles. The highest BCUT2D eigenvalue weighted by atomic mass is 79.9. The van der Waals surface area contributed by atoms with Crippen molar-refractivity contribution >= 4 is 39.2 Å². The van der Waals surface area contributed by atoms with E-state index >= 15 is 0 Å². The summed E-state index contributed by atoms with van der Waals surface area (Å²) >= 11 is 3.43.